The molecule has 3 nitrogen and oxygen atoms in total. The molecule has 0 spiro atoms. The summed E-state index contributed by atoms with van der Waals surface area (Å²) in [5, 5.41) is 0. The molecule has 0 aliphatic carbocycles. The lowest BCUT2D eigenvalue weighted by Gasteiger charge is -2.15. The second-order valence-electron chi connectivity index (χ2n) is 5.53. The molecule has 0 radical (unpaired) electrons. The van der Waals surface area contributed by atoms with Crippen LogP contribution in [0.4, 0.5) is 0 Å². The molecule has 3 rings (SSSR count). The summed E-state index contributed by atoms with van der Waals surface area (Å²) in [6, 6.07) is 21.5. The normalized spacial score (nSPS) is 10.5. The maximum atomic E-state index is 12.7. The zero-order valence-electron chi connectivity index (χ0n) is 13.3. The predicted octanol–water partition coefficient (Wildman–Crippen LogP) is 4.03. The monoisotopic (exact) mass is 305 g/mol. The summed E-state index contributed by atoms with van der Waals surface area (Å²) in [6.45, 7) is 4.18. The van der Waals surface area contributed by atoms with Crippen LogP contribution in [-0.4, -0.2) is 4.57 Å². The number of aromatic nitrogens is 1. The number of ether oxygens (including phenoxy) is 1. The Bertz CT molecular complexity index is 852. The molecule has 1 aromatic heterocycles. The van der Waals surface area contributed by atoms with Crippen molar-refractivity contribution in [3.63, 3.8) is 0 Å². The summed E-state index contributed by atoms with van der Waals surface area (Å²) < 4.78 is 7.58. The van der Waals surface area contributed by atoms with Crippen LogP contribution in [0.5, 0.6) is 5.75 Å². The van der Waals surface area contributed by atoms with Crippen LogP contribution in [0.25, 0.3) is 5.69 Å². The Hall–Kier alpha value is -2.81. The zero-order chi connectivity index (χ0) is 16.2. The molecule has 0 N–H and O–H groups in total. The number of para-hydroxylation sites is 1. The highest BCUT2D eigenvalue weighted by molar-refractivity contribution is 5.40. The fourth-order valence-corrected chi connectivity index (χ4v) is 2.58. The van der Waals surface area contributed by atoms with Gasteiger partial charge in [-0.05, 0) is 31.5 Å². The van der Waals surface area contributed by atoms with Gasteiger partial charge in [0.2, 0.25) is 0 Å². The number of hydrogen-bond donors (Lipinski definition) is 0. The molecule has 0 saturated carbocycles. The number of hydrogen-bond acceptors (Lipinski definition) is 2. The Morgan fingerprint density at radius 3 is 2.17 bits per heavy atom. The van der Waals surface area contributed by atoms with Crippen LogP contribution in [-0.2, 0) is 6.61 Å². The van der Waals surface area contributed by atoms with E-state index in [0.717, 1.165) is 16.9 Å². The average molecular weight is 305 g/mol. The minimum Gasteiger partial charge on any atom is -0.488 e. The zero-order valence-corrected chi connectivity index (χ0v) is 13.3. The van der Waals surface area contributed by atoms with Crippen molar-refractivity contribution in [3.05, 3.63) is 93.9 Å². The lowest BCUT2D eigenvalue weighted by Crippen LogP contribution is -2.23. The van der Waals surface area contributed by atoms with Gasteiger partial charge in [0.15, 0.2) is 0 Å². The van der Waals surface area contributed by atoms with E-state index in [2.05, 4.69) is 0 Å². The van der Waals surface area contributed by atoms with Crippen molar-refractivity contribution in [2.45, 2.75) is 20.5 Å². The number of nitrogens with zero attached hydrogens (tertiary/aromatic N) is 1. The largest absolute Gasteiger partial charge is 0.488 e. The van der Waals surface area contributed by atoms with Crippen molar-refractivity contribution in [3.8, 4) is 11.4 Å². The highest BCUT2D eigenvalue weighted by atomic mass is 16.5. The second kappa shape index (κ2) is 6.53. The minimum absolute atomic E-state index is 0.0424. The van der Waals surface area contributed by atoms with Crippen molar-refractivity contribution in [2.75, 3.05) is 0 Å². The molecule has 3 heteroatoms. The van der Waals surface area contributed by atoms with Gasteiger partial charge in [-0.25, -0.2) is 0 Å². The van der Waals surface area contributed by atoms with E-state index >= 15 is 0 Å². The molecule has 1 heterocycles. The van der Waals surface area contributed by atoms with Crippen molar-refractivity contribution < 1.29 is 4.74 Å². The van der Waals surface area contributed by atoms with Gasteiger partial charge >= 0.3 is 0 Å². The molecular weight excluding hydrogens is 286 g/mol. The molecule has 0 saturated heterocycles. The summed E-state index contributed by atoms with van der Waals surface area (Å²) in [5.74, 6) is 0.642. The van der Waals surface area contributed by atoms with Gasteiger partial charge in [-0.15, -0.1) is 0 Å². The Kier molecular flexibility index (Phi) is 4.29. The molecule has 2 aromatic carbocycles. The number of pyridine rings is 1. The Labute approximate surface area is 135 Å². The van der Waals surface area contributed by atoms with Gasteiger partial charge in [-0.1, -0.05) is 48.5 Å². The van der Waals surface area contributed by atoms with Gasteiger partial charge in [0.1, 0.15) is 12.4 Å². The molecule has 0 atom stereocenters. The summed E-state index contributed by atoms with van der Waals surface area (Å²) >= 11 is 0. The maximum absolute atomic E-state index is 12.7. The first-order valence-corrected chi connectivity index (χ1v) is 7.62. The van der Waals surface area contributed by atoms with Crippen LogP contribution in [0.3, 0.4) is 0 Å². The Morgan fingerprint density at radius 2 is 1.52 bits per heavy atom. The average Bonchev–Trinajstić information content (AvgIpc) is 2.59. The predicted molar refractivity (Wildman–Crippen MR) is 92.3 cm³/mol. The summed E-state index contributed by atoms with van der Waals surface area (Å²) in [7, 11) is 0. The fraction of sp³-hybridized carbons (Fsp3) is 0.150. The van der Waals surface area contributed by atoms with Gasteiger partial charge in [0.25, 0.3) is 5.56 Å². The molecule has 0 unspecified atom stereocenters. The van der Waals surface area contributed by atoms with Gasteiger partial charge < -0.3 is 4.74 Å². The van der Waals surface area contributed by atoms with Crippen molar-refractivity contribution >= 4 is 0 Å². The topological polar surface area (TPSA) is 31.2 Å². The molecule has 116 valence electrons. The molecule has 0 aliphatic heterocycles. The second-order valence-corrected chi connectivity index (χ2v) is 5.53. The summed E-state index contributed by atoms with van der Waals surface area (Å²) in [6.07, 6.45) is 0. The van der Waals surface area contributed by atoms with Gasteiger partial charge in [0.05, 0.1) is 5.56 Å². The van der Waals surface area contributed by atoms with Gasteiger partial charge in [-0.3, -0.25) is 9.36 Å². The van der Waals surface area contributed by atoms with Crippen LogP contribution >= 0.6 is 0 Å². The summed E-state index contributed by atoms with van der Waals surface area (Å²) in [5.41, 5.74) is 3.38. The Morgan fingerprint density at radius 1 is 0.913 bits per heavy atom. The number of rotatable bonds is 4. The van der Waals surface area contributed by atoms with E-state index in [4.69, 9.17) is 4.74 Å². The summed E-state index contributed by atoms with van der Waals surface area (Å²) in [4.78, 5) is 12.7. The third kappa shape index (κ3) is 3.19. The first-order chi connectivity index (χ1) is 11.2. The van der Waals surface area contributed by atoms with E-state index in [9.17, 15) is 4.79 Å². The van der Waals surface area contributed by atoms with Crippen molar-refractivity contribution in [1.29, 1.82) is 0 Å². The number of benzene rings is 2. The van der Waals surface area contributed by atoms with Crippen LogP contribution in [0.1, 0.15) is 16.8 Å². The van der Waals surface area contributed by atoms with Crippen LogP contribution in [0.2, 0.25) is 0 Å². The van der Waals surface area contributed by atoms with E-state index in [0.29, 0.717) is 17.9 Å². The van der Waals surface area contributed by atoms with Crippen LogP contribution in [0.15, 0.2) is 71.5 Å². The SMILES string of the molecule is Cc1c(OCc2ccccc2)cc(C)n(-c2ccccc2)c1=O. The molecule has 0 bridgehead atoms. The molecule has 3 aromatic rings. The minimum atomic E-state index is -0.0424. The Balaban J connectivity index is 1.94. The van der Waals surface area contributed by atoms with Crippen LogP contribution in [0, 0.1) is 13.8 Å². The highest BCUT2D eigenvalue weighted by Gasteiger charge is 2.11. The quantitative estimate of drug-likeness (QED) is 0.728. The van der Waals surface area contributed by atoms with E-state index in [1.54, 1.807) is 4.57 Å². The maximum Gasteiger partial charge on any atom is 0.261 e. The molecule has 23 heavy (non-hydrogen) atoms. The third-order valence-corrected chi connectivity index (χ3v) is 3.84. The molecule has 0 fully saturated rings. The molecule has 0 amide bonds. The smallest absolute Gasteiger partial charge is 0.261 e. The molecule has 0 aliphatic rings. The van der Waals surface area contributed by atoms with Crippen molar-refractivity contribution in [1.82, 2.24) is 4.57 Å². The van der Waals surface area contributed by atoms with Crippen LogP contribution < -0.4 is 10.3 Å². The van der Waals surface area contributed by atoms with E-state index in [1.165, 1.54) is 0 Å². The van der Waals surface area contributed by atoms with Gasteiger partial charge in [-0.2, -0.15) is 0 Å². The number of aryl methyl sites for hydroxylation is 1. The lowest BCUT2D eigenvalue weighted by molar-refractivity contribution is 0.302. The van der Waals surface area contributed by atoms with E-state index in [-0.39, 0.29) is 5.56 Å². The van der Waals surface area contributed by atoms with E-state index < -0.39 is 0 Å². The third-order valence-electron chi connectivity index (χ3n) is 3.84. The van der Waals surface area contributed by atoms with E-state index in [1.807, 2.05) is 80.6 Å². The molecular formula is C20H19NO2. The first kappa shape index (κ1) is 15.1. The van der Waals surface area contributed by atoms with Gasteiger partial charge in [0, 0.05) is 17.4 Å². The lowest BCUT2D eigenvalue weighted by atomic mass is 10.2. The van der Waals surface area contributed by atoms with Crippen molar-refractivity contribution in [2.24, 2.45) is 0 Å². The first-order valence-electron chi connectivity index (χ1n) is 7.62. The highest BCUT2D eigenvalue weighted by Crippen LogP contribution is 2.19. The standard InChI is InChI=1S/C20H19NO2/c1-15-13-19(23-14-17-9-5-3-6-10-17)16(2)20(22)21(15)18-11-7-4-8-12-18/h3-13H,14H2,1-2H3. The fourth-order valence-electron chi connectivity index (χ4n) is 2.58.